The fourth-order valence-corrected chi connectivity index (χ4v) is 3.98. The van der Waals surface area contributed by atoms with Crippen LogP contribution in [0.15, 0.2) is 80.4 Å². The van der Waals surface area contributed by atoms with Crippen LogP contribution in [0.25, 0.3) is 0 Å². The molecule has 0 radical (unpaired) electrons. The molecule has 4 nitrogen and oxygen atoms in total. The second-order valence-electron chi connectivity index (χ2n) is 5.82. The monoisotopic (exact) mass is 565 g/mol. The second kappa shape index (κ2) is 7.43. The van der Waals surface area contributed by atoms with Crippen LogP contribution in [0.1, 0.15) is 21.5 Å². The van der Waals surface area contributed by atoms with Crippen molar-refractivity contribution in [3.8, 4) is 0 Å². The lowest BCUT2D eigenvalue weighted by atomic mass is 10.1. The molecule has 0 unspecified atom stereocenters. The Morgan fingerprint density at radius 1 is 1.04 bits per heavy atom. The van der Waals surface area contributed by atoms with E-state index in [1.54, 1.807) is 6.07 Å². The van der Waals surface area contributed by atoms with Crippen LogP contribution >= 0.6 is 45.2 Å². The van der Waals surface area contributed by atoms with Crippen LogP contribution in [-0.4, -0.2) is 22.5 Å². The molecular weight excluding hydrogens is 552 g/mol. The number of carbonyl (C=O) groups excluding carboxylic acids is 1. The molecule has 2 heterocycles. The first-order valence-corrected chi connectivity index (χ1v) is 10.1. The van der Waals surface area contributed by atoms with Gasteiger partial charge in [-0.3, -0.25) is 4.79 Å². The molecule has 1 amide bonds. The highest BCUT2D eigenvalue weighted by Crippen LogP contribution is 2.24. The van der Waals surface area contributed by atoms with Gasteiger partial charge in [-0.25, -0.2) is 4.99 Å². The van der Waals surface area contributed by atoms with Crippen LogP contribution in [0.4, 0.5) is 0 Å². The zero-order valence-electron chi connectivity index (χ0n) is 13.6. The SMILES string of the molecule is O=C(N=C1N=C2C=CC(I)=CN2Cc2ccccc21)c1ccccc1I. The number of amides is 1. The first kappa shape index (κ1) is 17.6. The van der Waals surface area contributed by atoms with Crippen LogP contribution in [0.2, 0.25) is 0 Å². The number of carbonyl (C=O) groups is 1. The van der Waals surface area contributed by atoms with E-state index in [2.05, 4.69) is 67.3 Å². The molecule has 0 saturated carbocycles. The summed E-state index contributed by atoms with van der Waals surface area (Å²) >= 11 is 4.44. The third-order valence-electron chi connectivity index (χ3n) is 4.10. The molecule has 128 valence electrons. The summed E-state index contributed by atoms with van der Waals surface area (Å²) < 4.78 is 2.01. The van der Waals surface area contributed by atoms with Crippen molar-refractivity contribution in [2.45, 2.75) is 6.54 Å². The summed E-state index contributed by atoms with van der Waals surface area (Å²) in [6.07, 6.45) is 6.02. The van der Waals surface area contributed by atoms with Crippen molar-refractivity contribution in [2.24, 2.45) is 9.98 Å². The van der Waals surface area contributed by atoms with Gasteiger partial charge in [-0.05, 0) is 75.0 Å². The average molecular weight is 565 g/mol. The lowest BCUT2D eigenvalue weighted by molar-refractivity contribution is 0.100. The maximum Gasteiger partial charge on any atom is 0.280 e. The molecular formula is C20H13I2N3O. The van der Waals surface area contributed by atoms with Gasteiger partial charge in [0, 0.05) is 25.5 Å². The highest BCUT2D eigenvalue weighted by molar-refractivity contribution is 14.1. The van der Waals surface area contributed by atoms with E-state index in [-0.39, 0.29) is 5.91 Å². The minimum atomic E-state index is -0.275. The summed E-state index contributed by atoms with van der Waals surface area (Å²) in [4.78, 5) is 23.9. The fourth-order valence-electron chi connectivity index (χ4n) is 2.84. The number of nitrogens with zero attached hydrogens (tertiary/aromatic N) is 3. The van der Waals surface area contributed by atoms with Gasteiger partial charge in [0.15, 0.2) is 5.84 Å². The predicted molar refractivity (Wildman–Crippen MR) is 121 cm³/mol. The van der Waals surface area contributed by atoms with Crippen molar-refractivity contribution in [1.29, 1.82) is 0 Å². The molecule has 0 atom stereocenters. The Hall–Kier alpha value is -1.81. The van der Waals surface area contributed by atoms with E-state index >= 15 is 0 Å². The Balaban J connectivity index is 1.83. The van der Waals surface area contributed by atoms with E-state index in [0.717, 1.165) is 24.1 Å². The molecule has 6 heteroatoms. The summed E-state index contributed by atoms with van der Waals surface area (Å²) in [5.41, 5.74) is 2.58. The van der Waals surface area contributed by atoms with E-state index in [0.29, 0.717) is 17.9 Å². The van der Waals surface area contributed by atoms with Crippen molar-refractivity contribution in [3.05, 3.63) is 90.7 Å². The molecule has 2 aliphatic rings. The molecule has 2 aromatic rings. The Morgan fingerprint density at radius 3 is 2.65 bits per heavy atom. The standard InChI is InChI=1S/C20H13I2N3O/c21-14-9-10-18-23-19(24-20(26)16-7-3-4-8-17(16)22)15-6-2-1-5-13(15)11-25(18)12-14/h1-10,12H,11H2. The van der Waals surface area contributed by atoms with Crippen molar-refractivity contribution in [3.63, 3.8) is 0 Å². The number of hydrogen-bond donors (Lipinski definition) is 0. The number of allylic oxidation sites excluding steroid dienone is 2. The van der Waals surface area contributed by atoms with Gasteiger partial charge < -0.3 is 4.90 Å². The molecule has 0 aliphatic carbocycles. The maximum absolute atomic E-state index is 12.8. The molecule has 0 N–H and O–H groups in total. The van der Waals surface area contributed by atoms with E-state index < -0.39 is 0 Å². The third kappa shape index (κ3) is 3.52. The van der Waals surface area contributed by atoms with Crippen molar-refractivity contribution in [1.82, 2.24) is 4.90 Å². The van der Waals surface area contributed by atoms with E-state index in [4.69, 9.17) is 4.99 Å². The summed E-state index contributed by atoms with van der Waals surface area (Å²) in [5, 5.41) is 0. The number of rotatable bonds is 1. The highest BCUT2D eigenvalue weighted by atomic mass is 127. The summed E-state index contributed by atoms with van der Waals surface area (Å²) in [7, 11) is 0. The lowest BCUT2D eigenvalue weighted by Crippen LogP contribution is -2.24. The Morgan fingerprint density at radius 2 is 1.81 bits per heavy atom. The zero-order chi connectivity index (χ0) is 18.1. The van der Waals surface area contributed by atoms with Gasteiger partial charge in [0.05, 0.1) is 5.56 Å². The summed E-state index contributed by atoms with van der Waals surface area (Å²) in [6.45, 7) is 0.696. The van der Waals surface area contributed by atoms with Crippen molar-refractivity contribution in [2.75, 3.05) is 0 Å². The largest absolute Gasteiger partial charge is 0.327 e. The quantitative estimate of drug-likeness (QED) is 0.461. The smallest absolute Gasteiger partial charge is 0.280 e. The Kier molecular flexibility index (Phi) is 5.03. The van der Waals surface area contributed by atoms with Crippen LogP contribution in [0, 0.1) is 3.57 Å². The van der Waals surface area contributed by atoms with Crippen molar-refractivity contribution >= 4 is 62.8 Å². The number of benzene rings is 2. The molecule has 0 fully saturated rings. The first-order chi connectivity index (χ1) is 12.6. The highest BCUT2D eigenvalue weighted by Gasteiger charge is 2.22. The molecule has 0 bridgehead atoms. The predicted octanol–water partition coefficient (Wildman–Crippen LogP) is 4.94. The number of halogens is 2. The second-order valence-corrected chi connectivity index (χ2v) is 8.23. The van der Waals surface area contributed by atoms with Gasteiger partial charge in [-0.2, -0.15) is 4.99 Å². The Labute approximate surface area is 178 Å². The average Bonchev–Trinajstić information content (AvgIpc) is 2.78. The molecule has 0 spiro atoms. The molecule has 2 aliphatic heterocycles. The lowest BCUT2D eigenvalue weighted by Gasteiger charge is -2.21. The van der Waals surface area contributed by atoms with E-state index in [9.17, 15) is 4.79 Å². The number of amidine groups is 2. The first-order valence-electron chi connectivity index (χ1n) is 7.98. The van der Waals surface area contributed by atoms with Crippen LogP contribution in [-0.2, 0) is 6.54 Å². The van der Waals surface area contributed by atoms with Gasteiger partial charge in [-0.15, -0.1) is 0 Å². The number of fused-ring (bicyclic) bond motifs is 2. The maximum atomic E-state index is 12.8. The van der Waals surface area contributed by atoms with Gasteiger partial charge in [0.1, 0.15) is 5.84 Å². The Bertz CT molecular complexity index is 1020. The molecule has 0 aromatic heterocycles. The van der Waals surface area contributed by atoms with Gasteiger partial charge in [0.25, 0.3) is 5.91 Å². The van der Waals surface area contributed by atoms with E-state index in [1.807, 2.05) is 48.6 Å². The minimum absolute atomic E-state index is 0.275. The summed E-state index contributed by atoms with van der Waals surface area (Å²) in [6, 6.07) is 15.4. The molecule has 2 aromatic carbocycles. The summed E-state index contributed by atoms with van der Waals surface area (Å²) in [5.74, 6) is 0.969. The fraction of sp³-hybridized carbons (Fsp3) is 0.0500. The number of hydrogen-bond acceptors (Lipinski definition) is 2. The third-order valence-corrected chi connectivity index (χ3v) is 5.67. The normalized spacial score (nSPS) is 17.2. The van der Waals surface area contributed by atoms with Gasteiger partial charge in [-0.1, -0.05) is 36.4 Å². The van der Waals surface area contributed by atoms with E-state index in [1.165, 1.54) is 0 Å². The van der Waals surface area contributed by atoms with Crippen molar-refractivity contribution < 1.29 is 4.79 Å². The van der Waals surface area contributed by atoms with Gasteiger partial charge >= 0.3 is 0 Å². The van der Waals surface area contributed by atoms with Gasteiger partial charge in [0.2, 0.25) is 0 Å². The molecule has 26 heavy (non-hydrogen) atoms. The zero-order valence-corrected chi connectivity index (χ0v) is 17.9. The molecule has 0 saturated heterocycles. The van der Waals surface area contributed by atoms with Crippen LogP contribution in [0.3, 0.4) is 0 Å². The minimum Gasteiger partial charge on any atom is -0.327 e. The molecule has 4 rings (SSSR count). The van der Waals surface area contributed by atoms with Crippen LogP contribution in [0.5, 0.6) is 0 Å². The van der Waals surface area contributed by atoms with Crippen LogP contribution < -0.4 is 0 Å². The number of aliphatic imine (C=N–C) groups is 2. The topological polar surface area (TPSA) is 45.0 Å².